The maximum atomic E-state index is 12.3. The van der Waals surface area contributed by atoms with Crippen molar-refractivity contribution >= 4 is 17.8 Å². The van der Waals surface area contributed by atoms with Crippen molar-refractivity contribution in [3.8, 4) is 0 Å². The van der Waals surface area contributed by atoms with E-state index in [2.05, 4.69) is 19.2 Å². The molecule has 19 heavy (non-hydrogen) atoms. The lowest BCUT2D eigenvalue weighted by molar-refractivity contribution is -0.157. The Bertz CT molecular complexity index is 399. The Morgan fingerprint density at radius 3 is 2.42 bits per heavy atom. The first-order chi connectivity index (χ1) is 8.97. The summed E-state index contributed by atoms with van der Waals surface area (Å²) in [5.74, 6) is -0.0466. The Hall–Kier alpha value is -1.39. The molecule has 2 aliphatic rings. The Morgan fingerprint density at radius 2 is 1.89 bits per heavy atom. The van der Waals surface area contributed by atoms with Gasteiger partial charge in [-0.25, -0.2) is 4.79 Å². The fourth-order valence-electron chi connectivity index (χ4n) is 2.73. The van der Waals surface area contributed by atoms with Crippen LogP contribution in [0.5, 0.6) is 0 Å². The van der Waals surface area contributed by atoms with Crippen LogP contribution in [0.25, 0.3) is 0 Å². The van der Waals surface area contributed by atoms with Gasteiger partial charge in [0.15, 0.2) is 0 Å². The lowest BCUT2D eigenvalue weighted by atomic mass is 9.66. The average Bonchev–Trinajstić information content (AvgIpc) is 2.25. The van der Waals surface area contributed by atoms with Gasteiger partial charge in [0.1, 0.15) is 5.41 Å². The minimum atomic E-state index is -0.925. The van der Waals surface area contributed by atoms with Crippen molar-refractivity contribution in [2.24, 2.45) is 11.3 Å². The highest BCUT2D eigenvalue weighted by Crippen LogP contribution is 2.44. The van der Waals surface area contributed by atoms with Crippen LogP contribution >= 0.6 is 0 Å². The Balaban J connectivity index is 1.94. The van der Waals surface area contributed by atoms with E-state index in [1.54, 1.807) is 0 Å². The van der Waals surface area contributed by atoms with Crippen LogP contribution in [0.2, 0.25) is 0 Å². The van der Waals surface area contributed by atoms with E-state index in [4.69, 9.17) is 0 Å². The van der Waals surface area contributed by atoms with E-state index in [9.17, 15) is 14.4 Å². The maximum absolute atomic E-state index is 12.3. The summed E-state index contributed by atoms with van der Waals surface area (Å²) in [4.78, 5) is 37.1. The van der Waals surface area contributed by atoms with Crippen LogP contribution in [-0.2, 0) is 9.59 Å². The normalized spacial score (nSPS) is 21.8. The highest BCUT2D eigenvalue weighted by molar-refractivity contribution is 6.19. The molecule has 2 rings (SSSR count). The third-order valence-corrected chi connectivity index (χ3v) is 4.18. The van der Waals surface area contributed by atoms with Crippen molar-refractivity contribution < 1.29 is 14.4 Å². The number of imide groups is 2. The molecule has 0 aromatic carbocycles. The van der Waals surface area contributed by atoms with Crippen molar-refractivity contribution in [2.75, 3.05) is 6.54 Å². The summed E-state index contributed by atoms with van der Waals surface area (Å²) in [6.07, 6.45) is 4.93. The summed E-state index contributed by atoms with van der Waals surface area (Å²) in [6.45, 7) is 4.73. The zero-order valence-corrected chi connectivity index (χ0v) is 11.7. The molecule has 1 N–H and O–H groups in total. The number of amides is 4. The van der Waals surface area contributed by atoms with Crippen molar-refractivity contribution in [1.29, 1.82) is 0 Å². The zero-order chi connectivity index (χ0) is 14.0. The van der Waals surface area contributed by atoms with Gasteiger partial charge in [-0.05, 0) is 25.2 Å². The number of nitrogens with one attached hydrogen (secondary N) is 1. The molecule has 1 heterocycles. The van der Waals surface area contributed by atoms with Crippen LogP contribution in [0.1, 0.15) is 52.4 Å². The number of rotatable bonds is 5. The van der Waals surface area contributed by atoms with Crippen LogP contribution < -0.4 is 5.32 Å². The summed E-state index contributed by atoms with van der Waals surface area (Å²) >= 11 is 0. The van der Waals surface area contributed by atoms with Crippen molar-refractivity contribution in [2.45, 2.75) is 52.4 Å². The minimum Gasteiger partial charge on any atom is -0.277 e. The summed E-state index contributed by atoms with van der Waals surface area (Å²) < 4.78 is 0. The second-order valence-corrected chi connectivity index (χ2v) is 6.04. The Kier molecular flexibility index (Phi) is 3.92. The molecule has 0 radical (unpaired) electrons. The predicted molar refractivity (Wildman–Crippen MR) is 70.2 cm³/mol. The van der Waals surface area contributed by atoms with Gasteiger partial charge in [-0.3, -0.25) is 19.8 Å². The van der Waals surface area contributed by atoms with Crippen LogP contribution in [0, 0.1) is 11.3 Å². The molecule has 2 fully saturated rings. The van der Waals surface area contributed by atoms with Crippen molar-refractivity contribution in [3.05, 3.63) is 0 Å². The van der Waals surface area contributed by atoms with Gasteiger partial charge in [0.05, 0.1) is 0 Å². The van der Waals surface area contributed by atoms with Gasteiger partial charge in [-0.15, -0.1) is 0 Å². The summed E-state index contributed by atoms with van der Waals surface area (Å²) in [5.41, 5.74) is -0.925. The quantitative estimate of drug-likeness (QED) is 0.612. The van der Waals surface area contributed by atoms with E-state index < -0.39 is 17.4 Å². The van der Waals surface area contributed by atoms with Crippen LogP contribution in [0.15, 0.2) is 0 Å². The van der Waals surface area contributed by atoms with Crippen LogP contribution in [0.4, 0.5) is 4.79 Å². The Morgan fingerprint density at radius 1 is 1.21 bits per heavy atom. The second-order valence-electron chi connectivity index (χ2n) is 6.04. The second kappa shape index (κ2) is 5.31. The van der Waals surface area contributed by atoms with Crippen molar-refractivity contribution in [3.63, 3.8) is 0 Å². The molecule has 0 aromatic rings. The molecular formula is C14H22N2O3. The number of hydrogen-bond donors (Lipinski definition) is 1. The van der Waals surface area contributed by atoms with E-state index in [-0.39, 0.29) is 5.91 Å². The smallest absolute Gasteiger partial charge is 0.277 e. The van der Waals surface area contributed by atoms with Gasteiger partial charge in [0.2, 0.25) is 11.8 Å². The fourth-order valence-corrected chi connectivity index (χ4v) is 2.73. The first-order valence-corrected chi connectivity index (χ1v) is 7.15. The molecule has 0 atom stereocenters. The minimum absolute atomic E-state index is 0.281. The largest absolute Gasteiger partial charge is 0.330 e. The van der Waals surface area contributed by atoms with Crippen molar-refractivity contribution in [1.82, 2.24) is 10.2 Å². The molecule has 106 valence electrons. The standard InChI is InChI=1S/C14H22N2O3/c1-10(2)6-3-4-9-16-12(18)14(7-5-8-14)11(17)15-13(16)19/h10H,3-9H2,1-2H3,(H,15,17,19). The average molecular weight is 266 g/mol. The topological polar surface area (TPSA) is 66.5 Å². The first-order valence-electron chi connectivity index (χ1n) is 7.15. The van der Waals surface area contributed by atoms with E-state index in [0.717, 1.165) is 25.7 Å². The molecule has 5 nitrogen and oxygen atoms in total. The third-order valence-electron chi connectivity index (χ3n) is 4.18. The highest BCUT2D eigenvalue weighted by Gasteiger charge is 2.57. The number of unbranched alkanes of at least 4 members (excludes halogenated alkanes) is 1. The molecule has 1 aliphatic heterocycles. The Labute approximate surface area is 113 Å². The molecule has 5 heteroatoms. The molecule has 1 aliphatic carbocycles. The molecular weight excluding hydrogens is 244 g/mol. The third kappa shape index (κ3) is 2.51. The number of urea groups is 1. The number of hydrogen-bond acceptors (Lipinski definition) is 3. The van der Waals surface area contributed by atoms with Gasteiger partial charge in [-0.1, -0.05) is 33.1 Å². The van der Waals surface area contributed by atoms with E-state index >= 15 is 0 Å². The van der Waals surface area contributed by atoms with Gasteiger partial charge in [-0.2, -0.15) is 0 Å². The fraction of sp³-hybridized carbons (Fsp3) is 0.786. The van der Waals surface area contributed by atoms with Crippen LogP contribution in [0.3, 0.4) is 0 Å². The predicted octanol–water partition coefficient (Wildman–Crippen LogP) is 2.06. The molecule has 0 bridgehead atoms. The molecule has 0 aromatic heterocycles. The molecule has 0 unspecified atom stereocenters. The maximum Gasteiger partial charge on any atom is 0.330 e. The molecule has 4 amide bonds. The number of carbonyl (C=O) groups excluding carboxylic acids is 3. The first kappa shape index (κ1) is 14.0. The monoisotopic (exact) mass is 266 g/mol. The highest BCUT2D eigenvalue weighted by atomic mass is 16.2. The van der Waals surface area contributed by atoms with E-state index in [0.29, 0.717) is 25.3 Å². The summed E-state index contributed by atoms with van der Waals surface area (Å²) in [7, 11) is 0. The van der Waals surface area contributed by atoms with Gasteiger partial charge in [0.25, 0.3) is 0 Å². The lowest BCUT2D eigenvalue weighted by Gasteiger charge is -2.44. The molecule has 1 saturated carbocycles. The molecule has 1 spiro atoms. The lowest BCUT2D eigenvalue weighted by Crippen LogP contribution is -2.66. The summed E-state index contributed by atoms with van der Waals surface area (Å²) in [5, 5.41) is 2.33. The SMILES string of the molecule is CC(C)CCCCN1C(=O)NC(=O)C2(CCC2)C1=O. The molecule has 1 saturated heterocycles. The van der Waals surface area contributed by atoms with Gasteiger partial charge >= 0.3 is 6.03 Å². The van der Waals surface area contributed by atoms with Crippen LogP contribution in [-0.4, -0.2) is 29.3 Å². The number of barbiturate groups is 1. The zero-order valence-electron chi connectivity index (χ0n) is 11.7. The van der Waals surface area contributed by atoms with Gasteiger partial charge in [0, 0.05) is 6.54 Å². The van der Waals surface area contributed by atoms with Gasteiger partial charge < -0.3 is 0 Å². The van der Waals surface area contributed by atoms with E-state index in [1.165, 1.54) is 4.90 Å². The van der Waals surface area contributed by atoms with E-state index in [1.807, 2.05) is 0 Å². The number of nitrogens with zero attached hydrogens (tertiary/aromatic N) is 1. The summed E-state index contributed by atoms with van der Waals surface area (Å²) in [6, 6.07) is -0.544. The number of carbonyl (C=O) groups is 3.